The maximum Gasteiger partial charge on any atom is 0.315 e. The highest BCUT2D eigenvalue weighted by molar-refractivity contribution is 5.96. The molecule has 0 bridgehead atoms. The van der Waals surface area contributed by atoms with Gasteiger partial charge in [-0.05, 0) is 37.5 Å². The number of carbonyl (C=O) groups is 2. The van der Waals surface area contributed by atoms with Crippen molar-refractivity contribution in [1.82, 2.24) is 5.32 Å². The van der Waals surface area contributed by atoms with Crippen LogP contribution in [0.4, 0.5) is 4.39 Å². The van der Waals surface area contributed by atoms with E-state index in [4.69, 9.17) is 5.11 Å². The standard InChI is InChI=1S/C13H16FNO3/c1-7-4-10(5-8(2)11(7)14)6-15-12(16)9(3)13(17)18/h4-5,9H,6H2,1-3H3,(H,15,16)(H,17,18). The molecule has 1 aromatic carbocycles. The highest BCUT2D eigenvalue weighted by Crippen LogP contribution is 2.14. The number of hydrogen-bond donors (Lipinski definition) is 2. The lowest BCUT2D eigenvalue weighted by atomic mass is 10.1. The molecule has 0 aromatic heterocycles. The second kappa shape index (κ2) is 5.62. The van der Waals surface area contributed by atoms with E-state index in [2.05, 4.69) is 5.32 Å². The van der Waals surface area contributed by atoms with Crippen molar-refractivity contribution < 1.29 is 19.1 Å². The van der Waals surface area contributed by atoms with Gasteiger partial charge in [0.1, 0.15) is 11.7 Å². The molecule has 0 aliphatic heterocycles. The Morgan fingerprint density at radius 2 is 1.83 bits per heavy atom. The van der Waals surface area contributed by atoms with Crippen LogP contribution < -0.4 is 5.32 Å². The van der Waals surface area contributed by atoms with Crippen molar-refractivity contribution in [2.75, 3.05) is 0 Å². The summed E-state index contributed by atoms with van der Waals surface area (Å²) in [5.41, 5.74) is 1.76. The van der Waals surface area contributed by atoms with E-state index in [9.17, 15) is 14.0 Å². The number of amides is 1. The third-order valence-corrected chi connectivity index (χ3v) is 2.73. The first-order chi connectivity index (χ1) is 8.32. The largest absolute Gasteiger partial charge is 0.481 e. The molecule has 1 rings (SSSR count). The van der Waals surface area contributed by atoms with Gasteiger partial charge in [0, 0.05) is 6.54 Å². The molecule has 0 fully saturated rings. The minimum absolute atomic E-state index is 0.193. The number of carbonyl (C=O) groups excluding carboxylic acids is 1. The Bertz CT molecular complexity index is 462. The Kier molecular flexibility index (Phi) is 4.42. The molecule has 1 atom stereocenters. The number of benzene rings is 1. The molecule has 1 amide bonds. The van der Waals surface area contributed by atoms with E-state index >= 15 is 0 Å². The van der Waals surface area contributed by atoms with Crippen molar-refractivity contribution in [2.24, 2.45) is 5.92 Å². The van der Waals surface area contributed by atoms with Gasteiger partial charge >= 0.3 is 5.97 Å². The van der Waals surface area contributed by atoms with Gasteiger partial charge in [0.15, 0.2) is 0 Å². The van der Waals surface area contributed by atoms with E-state index < -0.39 is 17.8 Å². The van der Waals surface area contributed by atoms with E-state index in [-0.39, 0.29) is 12.4 Å². The number of nitrogens with one attached hydrogen (secondary N) is 1. The SMILES string of the molecule is Cc1cc(CNC(=O)C(C)C(=O)O)cc(C)c1F. The van der Waals surface area contributed by atoms with E-state index in [0.29, 0.717) is 11.1 Å². The average Bonchev–Trinajstić information content (AvgIpc) is 2.31. The zero-order valence-electron chi connectivity index (χ0n) is 10.6. The Hall–Kier alpha value is -1.91. The van der Waals surface area contributed by atoms with E-state index in [1.54, 1.807) is 26.0 Å². The summed E-state index contributed by atoms with van der Waals surface area (Å²) in [6.45, 7) is 4.80. The Balaban J connectivity index is 2.70. The van der Waals surface area contributed by atoms with E-state index in [1.165, 1.54) is 6.92 Å². The molecule has 5 heteroatoms. The first-order valence-electron chi connectivity index (χ1n) is 5.59. The highest BCUT2D eigenvalue weighted by atomic mass is 19.1. The number of rotatable bonds is 4. The van der Waals surface area contributed by atoms with Gasteiger partial charge in [-0.25, -0.2) is 4.39 Å². The van der Waals surface area contributed by atoms with Crippen molar-refractivity contribution in [3.05, 3.63) is 34.6 Å². The molecule has 1 unspecified atom stereocenters. The fourth-order valence-electron chi connectivity index (χ4n) is 1.59. The third kappa shape index (κ3) is 3.29. The summed E-state index contributed by atoms with van der Waals surface area (Å²) in [4.78, 5) is 22.0. The van der Waals surface area contributed by atoms with Crippen LogP contribution in [0.15, 0.2) is 12.1 Å². The molecule has 2 N–H and O–H groups in total. The summed E-state index contributed by atoms with van der Waals surface area (Å²) >= 11 is 0. The highest BCUT2D eigenvalue weighted by Gasteiger charge is 2.19. The van der Waals surface area contributed by atoms with Gasteiger partial charge in [-0.1, -0.05) is 12.1 Å². The van der Waals surface area contributed by atoms with Crippen molar-refractivity contribution in [3.63, 3.8) is 0 Å². The van der Waals surface area contributed by atoms with Gasteiger partial charge < -0.3 is 10.4 Å². The predicted molar refractivity (Wildman–Crippen MR) is 64.5 cm³/mol. The predicted octanol–water partition coefficient (Wildman–Crippen LogP) is 1.78. The number of hydrogen-bond acceptors (Lipinski definition) is 2. The maximum atomic E-state index is 13.4. The topological polar surface area (TPSA) is 66.4 Å². The Morgan fingerprint density at radius 1 is 1.33 bits per heavy atom. The van der Waals surface area contributed by atoms with Crippen molar-refractivity contribution in [2.45, 2.75) is 27.3 Å². The monoisotopic (exact) mass is 253 g/mol. The van der Waals surface area contributed by atoms with Gasteiger partial charge in [0.2, 0.25) is 5.91 Å². The molecule has 98 valence electrons. The molecule has 0 aliphatic carbocycles. The number of aryl methyl sites for hydroxylation is 2. The zero-order valence-corrected chi connectivity index (χ0v) is 10.6. The molecule has 0 saturated heterocycles. The number of carboxylic acids is 1. The van der Waals surface area contributed by atoms with Gasteiger partial charge in [-0.3, -0.25) is 9.59 Å². The molecule has 4 nitrogen and oxygen atoms in total. The van der Waals surface area contributed by atoms with Crippen molar-refractivity contribution in [3.8, 4) is 0 Å². The second-order valence-corrected chi connectivity index (χ2v) is 4.32. The van der Waals surface area contributed by atoms with E-state index in [1.807, 2.05) is 0 Å². The first-order valence-corrected chi connectivity index (χ1v) is 5.59. The van der Waals surface area contributed by atoms with Crippen molar-refractivity contribution in [1.29, 1.82) is 0 Å². The minimum atomic E-state index is -1.17. The Morgan fingerprint density at radius 3 is 2.28 bits per heavy atom. The molecular formula is C13H16FNO3. The fourth-order valence-corrected chi connectivity index (χ4v) is 1.59. The smallest absolute Gasteiger partial charge is 0.315 e. The van der Waals surface area contributed by atoms with Gasteiger partial charge in [-0.2, -0.15) is 0 Å². The lowest BCUT2D eigenvalue weighted by Crippen LogP contribution is -2.33. The summed E-state index contributed by atoms with van der Waals surface area (Å²) in [6, 6.07) is 3.27. The fraction of sp³-hybridized carbons (Fsp3) is 0.385. The third-order valence-electron chi connectivity index (χ3n) is 2.73. The summed E-state index contributed by atoms with van der Waals surface area (Å²) in [5, 5.41) is 11.2. The molecule has 1 aromatic rings. The van der Waals surface area contributed by atoms with Crippen LogP contribution in [-0.2, 0) is 16.1 Å². The molecule has 18 heavy (non-hydrogen) atoms. The zero-order chi connectivity index (χ0) is 13.9. The summed E-state index contributed by atoms with van der Waals surface area (Å²) < 4.78 is 13.4. The minimum Gasteiger partial charge on any atom is -0.481 e. The second-order valence-electron chi connectivity index (χ2n) is 4.32. The van der Waals surface area contributed by atoms with Crippen LogP contribution in [0.1, 0.15) is 23.6 Å². The molecule has 0 spiro atoms. The first kappa shape index (κ1) is 14.2. The van der Waals surface area contributed by atoms with Gasteiger partial charge in [0.05, 0.1) is 0 Å². The molecular weight excluding hydrogens is 237 g/mol. The number of halogens is 1. The molecule has 0 radical (unpaired) electrons. The summed E-state index contributed by atoms with van der Waals surface area (Å²) in [6.07, 6.45) is 0. The lowest BCUT2D eigenvalue weighted by Gasteiger charge is -2.10. The van der Waals surface area contributed by atoms with Gasteiger partial charge in [-0.15, -0.1) is 0 Å². The average molecular weight is 253 g/mol. The van der Waals surface area contributed by atoms with Crippen LogP contribution in [0.5, 0.6) is 0 Å². The van der Waals surface area contributed by atoms with Gasteiger partial charge in [0.25, 0.3) is 0 Å². The lowest BCUT2D eigenvalue weighted by molar-refractivity contribution is -0.146. The van der Waals surface area contributed by atoms with Crippen LogP contribution in [0.3, 0.4) is 0 Å². The van der Waals surface area contributed by atoms with E-state index in [0.717, 1.165) is 5.56 Å². The quantitative estimate of drug-likeness (QED) is 0.804. The summed E-state index contributed by atoms with van der Waals surface area (Å²) in [5.74, 6) is -3.07. The van der Waals surface area contributed by atoms with Crippen LogP contribution >= 0.6 is 0 Å². The molecule has 0 saturated carbocycles. The van der Waals surface area contributed by atoms with Crippen molar-refractivity contribution >= 4 is 11.9 Å². The molecule has 0 aliphatic rings. The maximum absolute atomic E-state index is 13.4. The summed E-state index contributed by atoms with van der Waals surface area (Å²) in [7, 11) is 0. The Labute approximate surface area is 105 Å². The van der Waals surface area contributed by atoms with Crippen LogP contribution in [0, 0.1) is 25.6 Å². The normalized spacial score (nSPS) is 12.0. The van der Waals surface area contributed by atoms with Crippen LogP contribution in [0.2, 0.25) is 0 Å². The number of aliphatic carboxylic acids is 1. The number of carboxylic acid groups (broad SMARTS) is 1. The van der Waals surface area contributed by atoms with Crippen LogP contribution in [0.25, 0.3) is 0 Å². The molecule has 0 heterocycles. The van der Waals surface area contributed by atoms with Crippen LogP contribution in [-0.4, -0.2) is 17.0 Å².